The lowest BCUT2D eigenvalue weighted by molar-refractivity contribution is -0.125. The van der Waals surface area contributed by atoms with Crippen molar-refractivity contribution in [2.45, 2.75) is 6.10 Å². The molecule has 2 aromatic rings. The highest BCUT2D eigenvalue weighted by Gasteiger charge is 2.28. The minimum absolute atomic E-state index is 0.113. The van der Waals surface area contributed by atoms with Crippen LogP contribution in [-0.2, 0) is 9.53 Å². The maximum Gasteiger partial charge on any atom is 0.340 e. The van der Waals surface area contributed by atoms with Gasteiger partial charge in [-0.3, -0.25) is 4.79 Å². The first-order chi connectivity index (χ1) is 10.7. The molecule has 0 saturated carbocycles. The minimum atomic E-state index is -0.775. The quantitative estimate of drug-likeness (QED) is 0.879. The Balaban J connectivity index is 1.71. The molecular formula is C15H13NO5S. The van der Waals surface area contributed by atoms with Gasteiger partial charge in [-0.1, -0.05) is 12.1 Å². The average molecular weight is 319 g/mol. The highest BCUT2D eigenvalue weighted by molar-refractivity contribution is 7.14. The van der Waals surface area contributed by atoms with Crippen LogP contribution in [0.5, 0.6) is 11.5 Å². The summed E-state index contributed by atoms with van der Waals surface area (Å²) in [5, 5.41) is 4.81. The molecule has 1 amide bonds. The molecule has 0 aliphatic carbocycles. The van der Waals surface area contributed by atoms with Gasteiger partial charge < -0.3 is 19.5 Å². The van der Waals surface area contributed by atoms with Crippen molar-refractivity contribution in [3.63, 3.8) is 0 Å². The second kappa shape index (κ2) is 6.07. The molecule has 0 spiro atoms. The minimum Gasteiger partial charge on any atom is -0.485 e. The summed E-state index contributed by atoms with van der Waals surface area (Å²) in [7, 11) is 1.29. The van der Waals surface area contributed by atoms with Crippen LogP contribution >= 0.6 is 11.3 Å². The smallest absolute Gasteiger partial charge is 0.340 e. The number of carbonyl (C=O) groups excluding carboxylic acids is 2. The van der Waals surface area contributed by atoms with Crippen LogP contribution in [0.2, 0.25) is 0 Å². The fourth-order valence-corrected chi connectivity index (χ4v) is 2.80. The fraction of sp³-hybridized carbons (Fsp3) is 0.200. The SMILES string of the molecule is COC(=O)c1ccsc1NC(=O)[C@H]1COc2ccccc2O1. The van der Waals surface area contributed by atoms with Crippen LogP contribution in [0.25, 0.3) is 0 Å². The molecule has 2 heterocycles. The number of thiophene rings is 1. The Bertz CT molecular complexity index is 711. The van der Waals surface area contributed by atoms with Gasteiger partial charge in [-0.15, -0.1) is 11.3 Å². The number of nitrogens with one attached hydrogen (secondary N) is 1. The van der Waals surface area contributed by atoms with Crippen molar-refractivity contribution < 1.29 is 23.8 Å². The number of ether oxygens (including phenoxy) is 3. The predicted octanol–water partition coefficient (Wildman–Crippen LogP) is 2.31. The molecular weight excluding hydrogens is 306 g/mol. The monoisotopic (exact) mass is 319 g/mol. The topological polar surface area (TPSA) is 73.9 Å². The van der Waals surface area contributed by atoms with Gasteiger partial charge in [0.2, 0.25) is 6.10 Å². The van der Waals surface area contributed by atoms with E-state index >= 15 is 0 Å². The van der Waals surface area contributed by atoms with Crippen molar-refractivity contribution in [2.75, 3.05) is 19.0 Å². The number of anilines is 1. The molecule has 6 nitrogen and oxygen atoms in total. The van der Waals surface area contributed by atoms with E-state index in [-0.39, 0.29) is 12.5 Å². The van der Waals surface area contributed by atoms with Gasteiger partial charge in [0, 0.05) is 0 Å². The molecule has 1 aromatic heterocycles. The van der Waals surface area contributed by atoms with E-state index in [1.807, 2.05) is 6.07 Å². The van der Waals surface area contributed by atoms with Crippen LogP contribution < -0.4 is 14.8 Å². The Kier molecular flexibility index (Phi) is 3.97. The number of esters is 1. The lowest BCUT2D eigenvalue weighted by Gasteiger charge is -2.25. The third kappa shape index (κ3) is 2.75. The third-order valence-electron chi connectivity index (χ3n) is 3.11. The molecule has 1 aliphatic heterocycles. The van der Waals surface area contributed by atoms with Crippen molar-refractivity contribution in [3.05, 3.63) is 41.3 Å². The highest BCUT2D eigenvalue weighted by Crippen LogP contribution is 2.31. The van der Waals surface area contributed by atoms with E-state index in [2.05, 4.69) is 10.1 Å². The fourth-order valence-electron chi connectivity index (χ4n) is 2.02. The molecule has 3 rings (SSSR count). The van der Waals surface area contributed by atoms with Gasteiger partial charge in [0.05, 0.1) is 12.7 Å². The van der Waals surface area contributed by atoms with Crippen molar-refractivity contribution in [2.24, 2.45) is 0 Å². The van der Waals surface area contributed by atoms with E-state index in [1.165, 1.54) is 18.4 Å². The Morgan fingerprint density at radius 2 is 2.05 bits per heavy atom. The standard InChI is InChI=1S/C15H13NO5S/c1-19-15(18)9-6-7-22-14(9)16-13(17)12-8-20-10-4-2-3-5-11(10)21-12/h2-7,12H,8H2,1H3,(H,16,17)/t12-/m1/s1. The Labute approximate surface area is 130 Å². The number of para-hydroxylation sites is 2. The van der Waals surface area contributed by atoms with Crippen LogP contribution in [0, 0.1) is 0 Å². The first kappa shape index (κ1) is 14.4. The summed E-state index contributed by atoms with van der Waals surface area (Å²) in [6.45, 7) is 0.113. The van der Waals surface area contributed by atoms with E-state index in [0.29, 0.717) is 22.1 Å². The number of fused-ring (bicyclic) bond motifs is 1. The second-order valence-electron chi connectivity index (χ2n) is 4.51. The van der Waals surface area contributed by atoms with Crippen LogP contribution in [0.1, 0.15) is 10.4 Å². The molecule has 0 radical (unpaired) electrons. The molecule has 0 bridgehead atoms. The van der Waals surface area contributed by atoms with Gasteiger partial charge in [-0.25, -0.2) is 4.79 Å². The molecule has 1 N–H and O–H groups in total. The molecule has 0 fully saturated rings. The van der Waals surface area contributed by atoms with Gasteiger partial charge >= 0.3 is 5.97 Å². The zero-order valence-electron chi connectivity index (χ0n) is 11.7. The van der Waals surface area contributed by atoms with Gasteiger partial charge in [0.1, 0.15) is 11.6 Å². The molecule has 22 heavy (non-hydrogen) atoms. The van der Waals surface area contributed by atoms with E-state index in [4.69, 9.17) is 9.47 Å². The highest BCUT2D eigenvalue weighted by atomic mass is 32.1. The zero-order valence-corrected chi connectivity index (χ0v) is 12.5. The number of benzene rings is 1. The molecule has 114 valence electrons. The van der Waals surface area contributed by atoms with E-state index in [9.17, 15) is 9.59 Å². The van der Waals surface area contributed by atoms with Crippen molar-refractivity contribution in [1.82, 2.24) is 0 Å². The number of amides is 1. The van der Waals surface area contributed by atoms with Gasteiger partial charge in [0.25, 0.3) is 5.91 Å². The lowest BCUT2D eigenvalue weighted by atomic mass is 10.2. The van der Waals surface area contributed by atoms with Crippen molar-refractivity contribution in [3.8, 4) is 11.5 Å². The molecule has 1 atom stereocenters. The van der Waals surface area contributed by atoms with Crippen LogP contribution in [0.3, 0.4) is 0 Å². The van der Waals surface area contributed by atoms with Crippen molar-refractivity contribution >= 4 is 28.2 Å². The summed E-state index contributed by atoms with van der Waals surface area (Å²) in [4.78, 5) is 23.9. The summed E-state index contributed by atoms with van der Waals surface area (Å²) in [6, 6.07) is 8.74. The molecule has 0 saturated heterocycles. The van der Waals surface area contributed by atoms with Crippen LogP contribution in [0.4, 0.5) is 5.00 Å². The Morgan fingerprint density at radius 1 is 1.27 bits per heavy atom. The number of methoxy groups -OCH3 is 1. The zero-order chi connectivity index (χ0) is 15.5. The maximum absolute atomic E-state index is 12.3. The summed E-state index contributed by atoms with van der Waals surface area (Å²) in [6.07, 6.45) is -0.775. The normalized spacial score (nSPS) is 16.0. The maximum atomic E-state index is 12.3. The summed E-state index contributed by atoms with van der Waals surface area (Å²) < 4.78 is 15.8. The largest absolute Gasteiger partial charge is 0.485 e. The molecule has 1 aromatic carbocycles. The number of rotatable bonds is 3. The first-order valence-electron chi connectivity index (χ1n) is 6.54. The van der Waals surface area contributed by atoms with E-state index in [1.54, 1.807) is 29.6 Å². The third-order valence-corrected chi connectivity index (χ3v) is 3.94. The molecule has 7 heteroatoms. The van der Waals surface area contributed by atoms with E-state index < -0.39 is 12.1 Å². The average Bonchev–Trinajstić information content (AvgIpc) is 3.01. The molecule has 0 unspecified atom stereocenters. The van der Waals surface area contributed by atoms with Gasteiger partial charge in [-0.2, -0.15) is 0 Å². The number of carbonyl (C=O) groups is 2. The van der Waals surface area contributed by atoms with Gasteiger partial charge in [-0.05, 0) is 23.6 Å². The van der Waals surface area contributed by atoms with Crippen LogP contribution in [0.15, 0.2) is 35.7 Å². The summed E-state index contributed by atoms with van der Waals surface area (Å²) in [5.74, 6) is 0.260. The summed E-state index contributed by atoms with van der Waals surface area (Å²) in [5.41, 5.74) is 0.318. The lowest BCUT2D eigenvalue weighted by Crippen LogP contribution is -2.40. The molecule has 1 aliphatic rings. The van der Waals surface area contributed by atoms with Crippen molar-refractivity contribution in [1.29, 1.82) is 0 Å². The first-order valence-corrected chi connectivity index (χ1v) is 7.42. The van der Waals surface area contributed by atoms with Crippen LogP contribution in [-0.4, -0.2) is 31.7 Å². The van der Waals surface area contributed by atoms with Gasteiger partial charge in [0.15, 0.2) is 11.5 Å². The van der Waals surface area contributed by atoms with E-state index in [0.717, 1.165) is 0 Å². The second-order valence-corrected chi connectivity index (χ2v) is 5.42. The Morgan fingerprint density at radius 3 is 2.82 bits per heavy atom. The summed E-state index contributed by atoms with van der Waals surface area (Å²) >= 11 is 1.24. The number of hydrogen-bond acceptors (Lipinski definition) is 6. The predicted molar refractivity (Wildman–Crippen MR) is 80.6 cm³/mol. The Hall–Kier alpha value is -2.54. The number of hydrogen-bond donors (Lipinski definition) is 1.